The molecular formula is C20H27BN6O5. The molecule has 0 saturated heterocycles. The van der Waals surface area contributed by atoms with E-state index in [0.717, 1.165) is 0 Å². The van der Waals surface area contributed by atoms with Crippen molar-refractivity contribution in [3.8, 4) is 6.07 Å². The topological polar surface area (TPSA) is 178 Å². The summed E-state index contributed by atoms with van der Waals surface area (Å²) in [5.74, 6) is -1.90. The van der Waals surface area contributed by atoms with E-state index in [4.69, 9.17) is 5.26 Å². The Morgan fingerprint density at radius 1 is 1.28 bits per heavy atom. The van der Waals surface area contributed by atoms with Crippen LogP contribution in [0.25, 0.3) is 0 Å². The van der Waals surface area contributed by atoms with Gasteiger partial charge in [0.05, 0.1) is 11.8 Å². The molecule has 0 saturated carbocycles. The molecule has 1 heterocycles. The van der Waals surface area contributed by atoms with Gasteiger partial charge in [-0.1, -0.05) is 20.4 Å². The van der Waals surface area contributed by atoms with Gasteiger partial charge in [-0.15, -0.1) is 0 Å². The Bertz CT molecular complexity index is 882. The van der Waals surface area contributed by atoms with Gasteiger partial charge in [-0.3, -0.25) is 19.4 Å². The molecule has 170 valence electrons. The molecule has 1 aromatic rings. The van der Waals surface area contributed by atoms with E-state index in [1.54, 1.807) is 6.07 Å². The molecule has 1 aromatic heterocycles. The van der Waals surface area contributed by atoms with Crippen molar-refractivity contribution in [3.63, 3.8) is 0 Å². The quantitative estimate of drug-likeness (QED) is 0.115. The minimum Gasteiger partial charge on any atom is -0.422 e. The summed E-state index contributed by atoms with van der Waals surface area (Å²) in [5, 5.41) is 32.7. The lowest BCUT2D eigenvalue weighted by Crippen LogP contribution is -2.42. The first-order chi connectivity index (χ1) is 15.1. The SMILES string of the molecule is C=C(C#N)C(=O)NCCCC[C@H](NC(=O)c1cnccn1)C(=O)N=C(CC(C)C)B(O)O. The Labute approximate surface area is 186 Å². The number of hydrogen-bond acceptors (Lipinski definition) is 8. The number of nitrogens with zero attached hydrogens (tertiary/aromatic N) is 4. The molecule has 1 rings (SSSR count). The summed E-state index contributed by atoms with van der Waals surface area (Å²) in [6, 6.07) is 0.605. The fraction of sp³-hybridized carbons (Fsp3) is 0.450. The first kappa shape index (κ1) is 26.6. The first-order valence-electron chi connectivity index (χ1n) is 10.1. The first-order valence-corrected chi connectivity index (χ1v) is 10.1. The number of unbranched alkanes of at least 4 members (excludes halogenated alkanes) is 1. The minimum absolute atomic E-state index is 0.0150. The number of hydrogen-bond donors (Lipinski definition) is 4. The largest absolute Gasteiger partial charge is 0.503 e. The second-order valence-electron chi connectivity index (χ2n) is 7.37. The van der Waals surface area contributed by atoms with Gasteiger partial charge in [0.15, 0.2) is 0 Å². The maximum Gasteiger partial charge on any atom is 0.503 e. The molecule has 11 nitrogen and oxygen atoms in total. The van der Waals surface area contributed by atoms with Crippen LogP contribution in [0.4, 0.5) is 0 Å². The summed E-state index contributed by atoms with van der Waals surface area (Å²) < 4.78 is 0. The van der Waals surface area contributed by atoms with Crippen LogP contribution in [0.2, 0.25) is 0 Å². The van der Waals surface area contributed by atoms with Crippen molar-refractivity contribution < 1.29 is 24.4 Å². The molecule has 12 heteroatoms. The third kappa shape index (κ3) is 9.59. The lowest BCUT2D eigenvalue weighted by Gasteiger charge is -2.16. The van der Waals surface area contributed by atoms with Crippen molar-refractivity contribution in [2.45, 2.75) is 45.6 Å². The van der Waals surface area contributed by atoms with E-state index in [1.165, 1.54) is 18.6 Å². The van der Waals surface area contributed by atoms with Crippen LogP contribution in [0.15, 0.2) is 35.7 Å². The zero-order valence-corrected chi connectivity index (χ0v) is 18.1. The zero-order chi connectivity index (χ0) is 24.1. The van der Waals surface area contributed by atoms with Crippen molar-refractivity contribution >= 4 is 30.5 Å². The van der Waals surface area contributed by atoms with E-state index >= 15 is 0 Å². The van der Waals surface area contributed by atoms with Crippen molar-refractivity contribution in [1.29, 1.82) is 5.26 Å². The van der Waals surface area contributed by atoms with E-state index in [9.17, 15) is 24.4 Å². The zero-order valence-electron chi connectivity index (χ0n) is 18.1. The van der Waals surface area contributed by atoms with Gasteiger partial charge in [-0.05, 0) is 31.6 Å². The number of amides is 3. The highest BCUT2D eigenvalue weighted by Crippen LogP contribution is 2.08. The number of aliphatic imine (C=N–C) groups is 1. The summed E-state index contributed by atoms with van der Waals surface area (Å²) in [6.45, 7) is 7.24. The van der Waals surface area contributed by atoms with Crippen LogP contribution >= 0.6 is 0 Å². The number of rotatable bonds is 12. The van der Waals surface area contributed by atoms with Gasteiger partial charge in [0.1, 0.15) is 23.4 Å². The molecule has 0 aliphatic carbocycles. The van der Waals surface area contributed by atoms with Gasteiger partial charge < -0.3 is 20.7 Å². The third-order valence-electron chi connectivity index (χ3n) is 4.18. The molecule has 0 radical (unpaired) electrons. The Hall–Kier alpha value is -3.43. The van der Waals surface area contributed by atoms with Gasteiger partial charge >= 0.3 is 7.12 Å². The van der Waals surface area contributed by atoms with Crippen LogP contribution < -0.4 is 10.6 Å². The molecule has 32 heavy (non-hydrogen) atoms. The molecule has 0 aromatic carbocycles. The van der Waals surface area contributed by atoms with Gasteiger partial charge in [0.2, 0.25) is 0 Å². The van der Waals surface area contributed by atoms with Crippen LogP contribution in [0.1, 0.15) is 50.0 Å². The lowest BCUT2D eigenvalue weighted by atomic mass is 9.78. The molecule has 0 unspecified atom stereocenters. The Balaban J connectivity index is 2.85. The number of nitrogens with one attached hydrogen (secondary N) is 2. The van der Waals surface area contributed by atoms with Crippen molar-refractivity contribution in [3.05, 3.63) is 36.4 Å². The van der Waals surface area contributed by atoms with E-state index < -0.39 is 30.9 Å². The van der Waals surface area contributed by atoms with Crippen molar-refractivity contribution in [2.24, 2.45) is 10.9 Å². The number of nitriles is 1. The predicted molar refractivity (Wildman–Crippen MR) is 117 cm³/mol. The van der Waals surface area contributed by atoms with Crippen LogP contribution in [0.3, 0.4) is 0 Å². The van der Waals surface area contributed by atoms with E-state index in [2.05, 4.69) is 32.2 Å². The van der Waals surface area contributed by atoms with Crippen LogP contribution in [0.5, 0.6) is 0 Å². The molecule has 3 amide bonds. The monoisotopic (exact) mass is 442 g/mol. The van der Waals surface area contributed by atoms with Gasteiger partial charge in [-0.2, -0.15) is 5.26 Å². The molecule has 4 N–H and O–H groups in total. The summed E-state index contributed by atoms with van der Waals surface area (Å²) >= 11 is 0. The van der Waals surface area contributed by atoms with Gasteiger partial charge in [0.25, 0.3) is 17.7 Å². The number of aromatic nitrogens is 2. The summed E-state index contributed by atoms with van der Waals surface area (Å²) in [4.78, 5) is 48.2. The molecule has 0 aliphatic heterocycles. The van der Waals surface area contributed by atoms with Crippen LogP contribution in [-0.2, 0) is 9.59 Å². The lowest BCUT2D eigenvalue weighted by molar-refractivity contribution is -0.120. The van der Waals surface area contributed by atoms with Crippen molar-refractivity contribution in [2.75, 3.05) is 6.54 Å². The van der Waals surface area contributed by atoms with Gasteiger partial charge in [-0.25, -0.2) is 9.98 Å². The molecule has 0 fully saturated rings. The van der Waals surface area contributed by atoms with E-state index in [-0.39, 0.29) is 42.2 Å². The average Bonchev–Trinajstić information content (AvgIpc) is 2.76. The smallest absolute Gasteiger partial charge is 0.422 e. The normalized spacial score (nSPS) is 11.9. The standard InChI is InChI=1S/C20H27BN6O5/c1-13(2)10-17(21(31)32)27-19(29)15(26-20(30)16-12-23-8-9-24-16)6-4-5-7-25-18(28)14(3)11-22/h8-9,12-13,15,31-32H,3-7,10H2,1-2H3,(H,25,28)(H,26,30)/t15-/m0/s1. The molecule has 0 bridgehead atoms. The molecule has 0 aliphatic rings. The highest BCUT2D eigenvalue weighted by Gasteiger charge is 2.25. The minimum atomic E-state index is -1.89. The summed E-state index contributed by atoms with van der Waals surface area (Å²) in [6.07, 6.45) is 5.25. The highest BCUT2D eigenvalue weighted by atomic mass is 16.4. The van der Waals surface area contributed by atoms with E-state index in [0.29, 0.717) is 12.8 Å². The molecule has 0 spiro atoms. The van der Waals surface area contributed by atoms with Gasteiger partial charge in [0, 0.05) is 18.9 Å². The second kappa shape index (κ2) is 13.8. The van der Waals surface area contributed by atoms with Crippen LogP contribution in [0, 0.1) is 17.2 Å². The Morgan fingerprint density at radius 2 is 2.00 bits per heavy atom. The molecule has 1 atom stereocenters. The average molecular weight is 442 g/mol. The Morgan fingerprint density at radius 3 is 2.56 bits per heavy atom. The predicted octanol–water partition coefficient (Wildman–Crippen LogP) is -0.0330. The van der Waals surface area contributed by atoms with E-state index in [1.807, 2.05) is 13.8 Å². The number of carbonyl (C=O) groups is 3. The fourth-order valence-corrected chi connectivity index (χ4v) is 2.59. The molecular weight excluding hydrogens is 415 g/mol. The highest BCUT2D eigenvalue weighted by molar-refractivity contribution is 6.80. The fourth-order valence-electron chi connectivity index (χ4n) is 2.59. The van der Waals surface area contributed by atoms with Crippen LogP contribution in [-0.4, -0.2) is 63.1 Å². The summed E-state index contributed by atoms with van der Waals surface area (Å²) in [7, 11) is -1.89. The maximum absolute atomic E-state index is 12.7. The summed E-state index contributed by atoms with van der Waals surface area (Å²) in [5.41, 5.74) is -0.281. The third-order valence-corrected chi connectivity index (χ3v) is 4.18. The Kier molecular flexibility index (Phi) is 11.5. The second-order valence-corrected chi connectivity index (χ2v) is 7.37. The number of carbonyl (C=O) groups excluding carboxylic acids is 3. The van der Waals surface area contributed by atoms with Crippen molar-refractivity contribution in [1.82, 2.24) is 20.6 Å². The maximum atomic E-state index is 12.7.